The summed E-state index contributed by atoms with van der Waals surface area (Å²) in [6.45, 7) is 5.52. The SMILES string of the molecule is CC(=O)Nc1ccc(CN2CCOC(CN)C2)cc1.Cl. The molecule has 0 spiro atoms. The van der Waals surface area contributed by atoms with Gasteiger partial charge < -0.3 is 15.8 Å². The van der Waals surface area contributed by atoms with E-state index in [1.807, 2.05) is 24.3 Å². The van der Waals surface area contributed by atoms with Crippen LogP contribution in [0.1, 0.15) is 12.5 Å². The van der Waals surface area contributed by atoms with E-state index in [9.17, 15) is 4.79 Å². The second-order valence-electron chi connectivity index (χ2n) is 4.84. The van der Waals surface area contributed by atoms with Crippen molar-refractivity contribution in [3.8, 4) is 0 Å². The normalized spacial score (nSPS) is 19.2. The molecule has 20 heavy (non-hydrogen) atoms. The predicted octanol–water partition coefficient (Wildman–Crippen LogP) is 1.23. The van der Waals surface area contributed by atoms with Crippen LogP contribution in [0.2, 0.25) is 0 Å². The summed E-state index contributed by atoms with van der Waals surface area (Å²) in [6.07, 6.45) is 0.146. The van der Waals surface area contributed by atoms with Gasteiger partial charge in [-0.15, -0.1) is 12.4 Å². The average Bonchev–Trinajstić information content (AvgIpc) is 2.41. The Bertz CT molecular complexity index is 425. The smallest absolute Gasteiger partial charge is 0.221 e. The van der Waals surface area contributed by atoms with E-state index in [0.29, 0.717) is 6.54 Å². The van der Waals surface area contributed by atoms with Crippen molar-refractivity contribution in [2.75, 3.05) is 31.6 Å². The van der Waals surface area contributed by atoms with Crippen LogP contribution < -0.4 is 11.1 Å². The van der Waals surface area contributed by atoms with Gasteiger partial charge in [0.25, 0.3) is 0 Å². The molecule has 0 bridgehead atoms. The molecule has 1 aliphatic rings. The number of halogens is 1. The summed E-state index contributed by atoms with van der Waals surface area (Å²) in [4.78, 5) is 13.3. The molecule has 0 aromatic heterocycles. The molecule has 1 aromatic carbocycles. The molecule has 0 saturated carbocycles. The van der Waals surface area contributed by atoms with E-state index in [1.165, 1.54) is 12.5 Å². The highest BCUT2D eigenvalue weighted by atomic mass is 35.5. The molecule has 1 amide bonds. The van der Waals surface area contributed by atoms with Crippen LogP contribution in [0.3, 0.4) is 0 Å². The fourth-order valence-electron chi connectivity index (χ4n) is 2.22. The maximum atomic E-state index is 10.9. The van der Waals surface area contributed by atoms with Gasteiger partial charge in [-0.3, -0.25) is 9.69 Å². The Morgan fingerprint density at radius 1 is 1.45 bits per heavy atom. The lowest BCUT2D eigenvalue weighted by atomic mass is 10.1. The molecule has 1 heterocycles. The van der Waals surface area contributed by atoms with Gasteiger partial charge in [0.1, 0.15) is 0 Å². The van der Waals surface area contributed by atoms with Gasteiger partial charge in [0.05, 0.1) is 12.7 Å². The Morgan fingerprint density at radius 2 is 2.15 bits per heavy atom. The van der Waals surface area contributed by atoms with Crippen molar-refractivity contribution >= 4 is 24.0 Å². The lowest BCUT2D eigenvalue weighted by molar-refractivity contribution is -0.114. The number of nitrogens with one attached hydrogen (secondary N) is 1. The zero-order valence-corrected chi connectivity index (χ0v) is 12.5. The first-order chi connectivity index (χ1) is 9.17. The molecule has 1 saturated heterocycles. The lowest BCUT2D eigenvalue weighted by Gasteiger charge is -2.32. The second kappa shape index (κ2) is 8.21. The fourth-order valence-corrected chi connectivity index (χ4v) is 2.22. The van der Waals surface area contributed by atoms with Gasteiger partial charge in [-0.25, -0.2) is 0 Å². The van der Waals surface area contributed by atoms with Crippen molar-refractivity contribution < 1.29 is 9.53 Å². The van der Waals surface area contributed by atoms with Crippen molar-refractivity contribution in [2.45, 2.75) is 19.6 Å². The number of carbonyl (C=O) groups is 1. The zero-order chi connectivity index (χ0) is 13.7. The molecule has 0 radical (unpaired) electrons. The molecular formula is C14H22ClN3O2. The molecular weight excluding hydrogens is 278 g/mol. The molecule has 1 aromatic rings. The number of ether oxygens (including phenoxy) is 1. The minimum atomic E-state index is -0.0493. The van der Waals surface area contributed by atoms with Crippen LogP contribution in [0.25, 0.3) is 0 Å². The summed E-state index contributed by atoms with van der Waals surface area (Å²) in [5.41, 5.74) is 7.69. The number of benzene rings is 1. The molecule has 6 heteroatoms. The Hall–Kier alpha value is -1.14. The summed E-state index contributed by atoms with van der Waals surface area (Å²) < 4.78 is 5.54. The topological polar surface area (TPSA) is 67.6 Å². The van der Waals surface area contributed by atoms with Gasteiger partial charge in [0, 0.05) is 38.8 Å². The number of anilines is 1. The van der Waals surface area contributed by atoms with Gasteiger partial charge in [-0.05, 0) is 17.7 Å². The van der Waals surface area contributed by atoms with Gasteiger partial charge >= 0.3 is 0 Å². The highest BCUT2D eigenvalue weighted by Gasteiger charge is 2.18. The van der Waals surface area contributed by atoms with E-state index in [4.69, 9.17) is 10.5 Å². The van der Waals surface area contributed by atoms with E-state index < -0.39 is 0 Å². The van der Waals surface area contributed by atoms with Crippen LogP contribution in [0.4, 0.5) is 5.69 Å². The van der Waals surface area contributed by atoms with Crippen molar-refractivity contribution in [2.24, 2.45) is 5.73 Å². The third-order valence-electron chi connectivity index (χ3n) is 3.17. The Kier molecular flexibility index (Phi) is 6.95. The summed E-state index contributed by atoms with van der Waals surface area (Å²) in [6, 6.07) is 7.94. The highest BCUT2D eigenvalue weighted by molar-refractivity contribution is 5.88. The second-order valence-corrected chi connectivity index (χ2v) is 4.84. The van der Waals surface area contributed by atoms with E-state index in [1.54, 1.807) is 0 Å². The first-order valence-electron chi connectivity index (χ1n) is 6.58. The third kappa shape index (κ3) is 5.09. The number of amides is 1. The molecule has 3 N–H and O–H groups in total. The number of hydrogen-bond acceptors (Lipinski definition) is 4. The Balaban J connectivity index is 0.00000200. The molecule has 2 rings (SSSR count). The van der Waals surface area contributed by atoms with Crippen LogP contribution in [0, 0.1) is 0 Å². The van der Waals surface area contributed by atoms with Crippen LogP contribution in [0.5, 0.6) is 0 Å². The molecule has 1 fully saturated rings. The van der Waals surface area contributed by atoms with Crippen LogP contribution >= 0.6 is 12.4 Å². The van der Waals surface area contributed by atoms with E-state index in [0.717, 1.165) is 31.9 Å². The van der Waals surface area contributed by atoms with E-state index in [-0.39, 0.29) is 24.4 Å². The number of carbonyl (C=O) groups excluding carboxylic acids is 1. The summed E-state index contributed by atoms with van der Waals surface area (Å²) in [7, 11) is 0. The van der Waals surface area contributed by atoms with Crippen molar-refractivity contribution in [3.63, 3.8) is 0 Å². The first kappa shape index (κ1) is 16.9. The highest BCUT2D eigenvalue weighted by Crippen LogP contribution is 2.13. The number of morpholine rings is 1. The van der Waals surface area contributed by atoms with Crippen LogP contribution in [-0.2, 0) is 16.1 Å². The molecule has 1 atom stereocenters. The Morgan fingerprint density at radius 3 is 2.75 bits per heavy atom. The maximum absolute atomic E-state index is 10.9. The quantitative estimate of drug-likeness (QED) is 0.877. The third-order valence-corrected chi connectivity index (χ3v) is 3.17. The van der Waals surface area contributed by atoms with Crippen LogP contribution in [-0.4, -0.2) is 43.2 Å². The predicted molar refractivity (Wildman–Crippen MR) is 82.1 cm³/mol. The largest absolute Gasteiger partial charge is 0.374 e. The van der Waals surface area contributed by atoms with Crippen molar-refractivity contribution in [1.29, 1.82) is 0 Å². The molecule has 112 valence electrons. The van der Waals surface area contributed by atoms with E-state index >= 15 is 0 Å². The van der Waals surface area contributed by atoms with Crippen molar-refractivity contribution in [1.82, 2.24) is 4.90 Å². The minimum Gasteiger partial charge on any atom is -0.374 e. The van der Waals surface area contributed by atoms with E-state index in [2.05, 4.69) is 10.2 Å². The summed E-state index contributed by atoms with van der Waals surface area (Å²) in [5.74, 6) is -0.0493. The number of rotatable bonds is 4. The molecule has 1 unspecified atom stereocenters. The van der Waals surface area contributed by atoms with Gasteiger partial charge in [0.2, 0.25) is 5.91 Å². The number of hydrogen-bond donors (Lipinski definition) is 2. The van der Waals surface area contributed by atoms with Crippen molar-refractivity contribution in [3.05, 3.63) is 29.8 Å². The van der Waals surface area contributed by atoms with Gasteiger partial charge in [-0.1, -0.05) is 12.1 Å². The van der Waals surface area contributed by atoms with Gasteiger partial charge in [0.15, 0.2) is 0 Å². The monoisotopic (exact) mass is 299 g/mol. The maximum Gasteiger partial charge on any atom is 0.221 e. The average molecular weight is 300 g/mol. The van der Waals surface area contributed by atoms with Gasteiger partial charge in [-0.2, -0.15) is 0 Å². The molecule has 0 aliphatic carbocycles. The standard InChI is InChI=1S/C14H21N3O2.ClH/c1-11(18)16-13-4-2-12(3-5-13)9-17-6-7-19-14(8-15)10-17;/h2-5,14H,6-10,15H2,1H3,(H,16,18);1H. The zero-order valence-electron chi connectivity index (χ0n) is 11.7. The first-order valence-corrected chi connectivity index (χ1v) is 6.58. The number of nitrogens with two attached hydrogens (primary N) is 1. The summed E-state index contributed by atoms with van der Waals surface area (Å²) >= 11 is 0. The lowest BCUT2D eigenvalue weighted by Crippen LogP contribution is -2.45. The Labute approximate surface area is 125 Å². The number of nitrogens with zero attached hydrogens (tertiary/aromatic N) is 1. The minimum absolute atomic E-state index is 0. The summed E-state index contributed by atoms with van der Waals surface area (Å²) in [5, 5.41) is 2.76. The molecule has 1 aliphatic heterocycles. The van der Waals surface area contributed by atoms with Crippen LogP contribution in [0.15, 0.2) is 24.3 Å². The molecule has 5 nitrogen and oxygen atoms in total. The fraction of sp³-hybridized carbons (Fsp3) is 0.500.